The Bertz CT molecular complexity index is 1130. The molecule has 0 aromatic heterocycles. The Balaban J connectivity index is 0.00000289. The fourth-order valence-corrected chi connectivity index (χ4v) is 3.60. The first-order valence-corrected chi connectivity index (χ1v) is 10.4. The molecule has 162 valence electrons. The second kappa shape index (κ2) is 11.3. The van der Waals surface area contributed by atoms with Crippen LogP contribution in [0.3, 0.4) is 0 Å². The van der Waals surface area contributed by atoms with Crippen molar-refractivity contribution in [3.63, 3.8) is 0 Å². The zero-order chi connectivity index (χ0) is 21.5. The van der Waals surface area contributed by atoms with Gasteiger partial charge in [0.05, 0.1) is 0 Å². The Kier molecular flexibility index (Phi) is 8.20. The number of hydrogen-bond donors (Lipinski definition) is 1. The molecule has 0 bridgehead atoms. The van der Waals surface area contributed by atoms with Gasteiger partial charge in [-0.25, -0.2) is 0 Å². The monoisotopic (exact) mass is 443 g/mol. The van der Waals surface area contributed by atoms with E-state index < -0.39 is 6.04 Å². The minimum absolute atomic E-state index is 0. The second-order valence-corrected chi connectivity index (χ2v) is 7.51. The van der Waals surface area contributed by atoms with Crippen LogP contribution in [0, 0.1) is 0 Å². The third-order valence-electron chi connectivity index (χ3n) is 5.26. The second-order valence-electron chi connectivity index (χ2n) is 7.51. The Morgan fingerprint density at radius 2 is 1.16 bits per heavy atom. The first-order chi connectivity index (χ1) is 15.2. The van der Waals surface area contributed by atoms with Gasteiger partial charge >= 0.3 is 5.97 Å². The van der Waals surface area contributed by atoms with E-state index in [-0.39, 0.29) is 25.0 Å². The van der Waals surface area contributed by atoms with E-state index in [2.05, 4.69) is 42.5 Å². The zero-order valence-corrected chi connectivity index (χ0v) is 18.5. The molecule has 4 rings (SSSR count). The molecule has 0 radical (unpaired) electrons. The molecule has 1 atom stereocenters. The van der Waals surface area contributed by atoms with Gasteiger partial charge in [0.25, 0.3) is 0 Å². The Labute approximate surface area is 195 Å². The van der Waals surface area contributed by atoms with Gasteiger partial charge < -0.3 is 10.5 Å². The average molecular weight is 444 g/mol. The van der Waals surface area contributed by atoms with Gasteiger partial charge in [-0.05, 0) is 39.8 Å². The summed E-state index contributed by atoms with van der Waals surface area (Å²) in [6.45, 7) is 0.239. The molecule has 0 heterocycles. The van der Waals surface area contributed by atoms with Crippen LogP contribution in [0.5, 0.6) is 0 Å². The molecule has 0 fully saturated rings. The molecule has 0 aliphatic rings. The standard InChI is InChI=1S/C28H25NO2.ClH/c29-27(28(30)31-20-22-9-3-1-4-10-22)19-21-15-17-24(18-16-21)26-14-8-7-13-25(26)23-11-5-2-6-12-23;/h1-18,27H,19-20,29H2;1H/t27-;/m0./s1. The molecule has 4 aromatic carbocycles. The number of carbonyl (C=O) groups excluding carboxylic acids is 1. The number of ether oxygens (including phenoxy) is 1. The highest BCUT2D eigenvalue weighted by molar-refractivity contribution is 5.85. The van der Waals surface area contributed by atoms with Crippen LogP contribution in [0.4, 0.5) is 0 Å². The summed E-state index contributed by atoms with van der Waals surface area (Å²) in [5.41, 5.74) is 12.7. The number of rotatable bonds is 7. The number of esters is 1. The minimum atomic E-state index is -0.689. The van der Waals surface area contributed by atoms with E-state index in [0.717, 1.165) is 16.7 Å². The summed E-state index contributed by atoms with van der Waals surface area (Å²) in [6.07, 6.45) is 0.439. The number of hydrogen-bond acceptors (Lipinski definition) is 3. The average Bonchev–Trinajstić information content (AvgIpc) is 2.84. The number of benzene rings is 4. The smallest absolute Gasteiger partial charge is 0.323 e. The quantitative estimate of drug-likeness (QED) is 0.353. The minimum Gasteiger partial charge on any atom is -0.460 e. The van der Waals surface area contributed by atoms with Crippen molar-refractivity contribution in [1.82, 2.24) is 0 Å². The van der Waals surface area contributed by atoms with Crippen LogP contribution in [0.15, 0.2) is 109 Å². The van der Waals surface area contributed by atoms with E-state index in [1.54, 1.807) is 0 Å². The molecule has 0 aliphatic carbocycles. The fraction of sp³-hybridized carbons (Fsp3) is 0.107. The Hall–Kier alpha value is -3.40. The molecule has 0 aliphatic heterocycles. The van der Waals surface area contributed by atoms with Gasteiger partial charge in [0.1, 0.15) is 12.6 Å². The zero-order valence-electron chi connectivity index (χ0n) is 17.7. The van der Waals surface area contributed by atoms with E-state index in [9.17, 15) is 4.79 Å². The molecule has 0 amide bonds. The highest BCUT2D eigenvalue weighted by Gasteiger charge is 2.16. The Morgan fingerprint density at radius 3 is 1.75 bits per heavy atom. The first-order valence-electron chi connectivity index (χ1n) is 10.4. The SMILES string of the molecule is Cl.N[C@@H](Cc1ccc(-c2ccccc2-c2ccccc2)cc1)C(=O)OCc1ccccc1. The lowest BCUT2D eigenvalue weighted by Crippen LogP contribution is -2.34. The van der Waals surface area contributed by atoms with E-state index in [1.807, 2.05) is 66.7 Å². The summed E-state index contributed by atoms with van der Waals surface area (Å²) < 4.78 is 5.36. The van der Waals surface area contributed by atoms with Gasteiger partial charge in [-0.3, -0.25) is 4.79 Å². The van der Waals surface area contributed by atoms with Crippen LogP contribution in [-0.4, -0.2) is 12.0 Å². The summed E-state index contributed by atoms with van der Waals surface area (Å²) in [5, 5.41) is 0. The summed E-state index contributed by atoms with van der Waals surface area (Å²) in [4.78, 5) is 12.3. The Morgan fingerprint density at radius 1 is 0.656 bits per heavy atom. The van der Waals surface area contributed by atoms with E-state index in [1.165, 1.54) is 16.7 Å². The van der Waals surface area contributed by atoms with Gasteiger partial charge in [0.2, 0.25) is 0 Å². The highest BCUT2D eigenvalue weighted by Crippen LogP contribution is 2.32. The lowest BCUT2D eigenvalue weighted by Gasteiger charge is -2.13. The number of carbonyl (C=O) groups is 1. The predicted octanol–water partition coefficient (Wildman–Crippen LogP) is 6.06. The van der Waals surface area contributed by atoms with Crippen LogP contribution in [0.25, 0.3) is 22.3 Å². The highest BCUT2D eigenvalue weighted by atomic mass is 35.5. The molecule has 0 saturated heterocycles. The molecule has 2 N–H and O–H groups in total. The van der Waals surface area contributed by atoms with Crippen molar-refractivity contribution in [1.29, 1.82) is 0 Å². The lowest BCUT2D eigenvalue weighted by molar-refractivity contribution is -0.146. The van der Waals surface area contributed by atoms with E-state index in [4.69, 9.17) is 10.5 Å². The maximum atomic E-state index is 12.3. The molecule has 0 saturated carbocycles. The summed E-state index contributed by atoms with van der Waals surface area (Å²) in [5.74, 6) is -0.387. The number of halogens is 1. The molecule has 0 unspecified atom stereocenters. The fourth-order valence-electron chi connectivity index (χ4n) is 3.60. The number of nitrogens with two attached hydrogens (primary N) is 1. The predicted molar refractivity (Wildman–Crippen MR) is 132 cm³/mol. The van der Waals surface area contributed by atoms with Crippen molar-refractivity contribution in [2.24, 2.45) is 5.73 Å². The van der Waals surface area contributed by atoms with Gasteiger partial charge in [0, 0.05) is 0 Å². The van der Waals surface area contributed by atoms with Crippen molar-refractivity contribution in [2.75, 3.05) is 0 Å². The third kappa shape index (κ3) is 5.85. The molecule has 0 spiro atoms. The van der Waals surface area contributed by atoms with Crippen molar-refractivity contribution >= 4 is 18.4 Å². The molecule has 3 nitrogen and oxygen atoms in total. The third-order valence-corrected chi connectivity index (χ3v) is 5.26. The molecular weight excluding hydrogens is 418 g/mol. The van der Waals surface area contributed by atoms with Crippen molar-refractivity contribution in [2.45, 2.75) is 19.1 Å². The van der Waals surface area contributed by atoms with Crippen molar-refractivity contribution in [3.05, 3.63) is 120 Å². The summed E-state index contributed by atoms with van der Waals surface area (Å²) in [7, 11) is 0. The van der Waals surface area contributed by atoms with Gasteiger partial charge in [-0.15, -0.1) is 12.4 Å². The van der Waals surface area contributed by atoms with Crippen molar-refractivity contribution < 1.29 is 9.53 Å². The van der Waals surface area contributed by atoms with Gasteiger partial charge in [-0.2, -0.15) is 0 Å². The van der Waals surface area contributed by atoms with Crippen LogP contribution in [-0.2, 0) is 22.6 Å². The van der Waals surface area contributed by atoms with Crippen LogP contribution < -0.4 is 5.73 Å². The van der Waals surface area contributed by atoms with Crippen LogP contribution in [0.2, 0.25) is 0 Å². The summed E-state index contributed by atoms with van der Waals surface area (Å²) >= 11 is 0. The van der Waals surface area contributed by atoms with Crippen molar-refractivity contribution in [3.8, 4) is 22.3 Å². The van der Waals surface area contributed by atoms with E-state index in [0.29, 0.717) is 6.42 Å². The van der Waals surface area contributed by atoms with Gasteiger partial charge in [-0.1, -0.05) is 109 Å². The maximum Gasteiger partial charge on any atom is 0.323 e. The molecule has 32 heavy (non-hydrogen) atoms. The van der Waals surface area contributed by atoms with Gasteiger partial charge in [0.15, 0.2) is 0 Å². The molecule has 4 aromatic rings. The lowest BCUT2D eigenvalue weighted by atomic mass is 9.93. The maximum absolute atomic E-state index is 12.3. The van der Waals surface area contributed by atoms with Crippen LogP contribution in [0.1, 0.15) is 11.1 Å². The largest absolute Gasteiger partial charge is 0.460 e. The molecule has 4 heteroatoms. The topological polar surface area (TPSA) is 52.3 Å². The van der Waals surface area contributed by atoms with E-state index >= 15 is 0 Å². The van der Waals surface area contributed by atoms with Crippen LogP contribution >= 0.6 is 12.4 Å². The first kappa shape index (κ1) is 23.3. The summed E-state index contributed by atoms with van der Waals surface area (Å²) in [6, 6.07) is 35.9. The molecular formula is C28H26ClNO2. The normalized spacial score (nSPS) is 11.3.